The Morgan fingerprint density at radius 2 is 1.76 bits per heavy atom. The van der Waals surface area contributed by atoms with Crippen molar-refractivity contribution in [3.05, 3.63) is 58.8 Å². The Kier molecular flexibility index (Phi) is 5.57. The van der Waals surface area contributed by atoms with Crippen molar-refractivity contribution in [2.75, 3.05) is 18.5 Å². The van der Waals surface area contributed by atoms with E-state index in [4.69, 9.17) is 4.74 Å². The van der Waals surface area contributed by atoms with Gasteiger partial charge in [-0.2, -0.15) is 0 Å². The van der Waals surface area contributed by atoms with Crippen molar-refractivity contribution in [3.8, 4) is 5.75 Å². The van der Waals surface area contributed by atoms with Gasteiger partial charge in [0.05, 0.1) is 6.54 Å². The minimum Gasteiger partial charge on any atom is -0.492 e. The molecule has 2 N–H and O–H groups in total. The van der Waals surface area contributed by atoms with E-state index in [1.165, 1.54) is 24.3 Å². The molecule has 0 heterocycles. The Bertz CT molecular complexity index is 588. The van der Waals surface area contributed by atoms with Crippen LogP contribution in [0.2, 0.25) is 0 Å². The smallest absolute Gasteiger partial charge is 0.319 e. The summed E-state index contributed by atoms with van der Waals surface area (Å²) in [4.78, 5) is 11.6. The van der Waals surface area contributed by atoms with Crippen molar-refractivity contribution in [1.82, 2.24) is 5.32 Å². The van der Waals surface area contributed by atoms with Gasteiger partial charge in [0.2, 0.25) is 0 Å². The minimum absolute atomic E-state index is 0.344. The second-order valence-corrected chi connectivity index (χ2v) is 5.11. The molecule has 0 aromatic heterocycles. The first kappa shape index (κ1) is 15.3. The molecule has 0 aliphatic carbocycles. The Morgan fingerprint density at radius 3 is 2.43 bits per heavy atom. The summed E-state index contributed by atoms with van der Waals surface area (Å²) < 4.78 is 19.2. The Labute approximate surface area is 130 Å². The number of halogens is 2. The van der Waals surface area contributed by atoms with E-state index in [9.17, 15) is 9.18 Å². The zero-order valence-electron chi connectivity index (χ0n) is 11.1. The highest BCUT2D eigenvalue weighted by atomic mass is 79.9. The second-order valence-electron chi connectivity index (χ2n) is 4.19. The van der Waals surface area contributed by atoms with Crippen molar-refractivity contribution < 1.29 is 13.9 Å². The van der Waals surface area contributed by atoms with Crippen LogP contribution in [-0.2, 0) is 0 Å². The summed E-state index contributed by atoms with van der Waals surface area (Å²) in [6.07, 6.45) is 0. The fourth-order valence-electron chi connectivity index (χ4n) is 1.57. The number of rotatable bonds is 5. The Hall–Kier alpha value is -2.08. The number of carbonyl (C=O) groups excluding carboxylic acids is 1. The largest absolute Gasteiger partial charge is 0.492 e. The fourth-order valence-corrected chi connectivity index (χ4v) is 1.84. The zero-order valence-corrected chi connectivity index (χ0v) is 12.7. The third-order valence-corrected chi connectivity index (χ3v) is 3.10. The molecule has 0 saturated heterocycles. The maximum atomic E-state index is 12.7. The molecule has 21 heavy (non-hydrogen) atoms. The van der Waals surface area contributed by atoms with E-state index in [-0.39, 0.29) is 11.8 Å². The molecule has 0 spiro atoms. The first-order chi connectivity index (χ1) is 10.1. The molecule has 0 fully saturated rings. The number of urea groups is 1. The third-order valence-electron chi connectivity index (χ3n) is 2.57. The maximum absolute atomic E-state index is 12.7. The Balaban J connectivity index is 1.67. The number of carbonyl (C=O) groups is 1. The van der Waals surface area contributed by atoms with Crippen molar-refractivity contribution in [2.24, 2.45) is 0 Å². The molecule has 2 rings (SSSR count). The van der Waals surface area contributed by atoms with Gasteiger partial charge in [-0.05, 0) is 48.5 Å². The summed E-state index contributed by atoms with van der Waals surface area (Å²) >= 11 is 3.34. The van der Waals surface area contributed by atoms with Gasteiger partial charge in [-0.1, -0.05) is 15.9 Å². The van der Waals surface area contributed by atoms with Crippen LogP contribution >= 0.6 is 15.9 Å². The highest BCUT2D eigenvalue weighted by molar-refractivity contribution is 9.10. The van der Waals surface area contributed by atoms with Gasteiger partial charge >= 0.3 is 6.03 Å². The maximum Gasteiger partial charge on any atom is 0.319 e. The molecule has 0 aliphatic rings. The molecule has 6 heteroatoms. The van der Waals surface area contributed by atoms with Crippen LogP contribution < -0.4 is 15.4 Å². The van der Waals surface area contributed by atoms with E-state index >= 15 is 0 Å². The van der Waals surface area contributed by atoms with Gasteiger partial charge in [0.1, 0.15) is 18.2 Å². The number of hydrogen-bond donors (Lipinski definition) is 2. The van der Waals surface area contributed by atoms with E-state index < -0.39 is 0 Å². The number of benzene rings is 2. The normalized spacial score (nSPS) is 10.0. The molecule has 0 atom stereocenters. The quantitative estimate of drug-likeness (QED) is 0.804. The monoisotopic (exact) mass is 352 g/mol. The summed E-state index contributed by atoms with van der Waals surface area (Å²) in [5.41, 5.74) is 0.530. The first-order valence-corrected chi connectivity index (χ1v) is 7.11. The molecular weight excluding hydrogens is 339 g/mol. The minimum atomic E-state index is -0.360. The topological polar surface area (TPSA) is 50.4 Å². The van der Waals surface area contributed by atoms with Crippen LogP contribution in [0.1, 0.15) is 0 Å². The van der Waals surface area contributed by atoms with Gasteiger partial charge in [-0.15, -0.1) is 0 Å². The average Bonchev–Trinajstić information content (AvgIpc) is 2.48. The van der Waals surface area contributed by atoms with Crippen LogP contribution in [0.25, 0.3) is 0 Å². The number of amides is 2. The lowest BCUT2D eigenvalue weighted by Gasteiger charge is -2.09. The van der Waals surface area contributed by atoms with E-state index in [1.807, 2.05) is 24.3 Å². The predicted octanol–water partition coefficient (Wildman–Crippen LogP) is 3.79. The molecule has 4 nitrogen and oxygen atoms in total. The molecule has 0 bridgehead atoms. The SMILES string of the molecule is O=C(NCCOc1ccc(Br)cc1)Nc1ccc(F)cc1. The summed E-state index contributed by atoms with van der Waals surface area (Å²) in [5.74, 6) is 0.391. The first-order valence-electron chi connectivity index (χ1n) is 6.32. The molecule has 0 radical (unpaired) electrons. The number of ether oxygens (including phenoxy) is 1. The van der Waals surface area contributed by atoms with Crippen molar-refractivity contribution >= 4 is 27.6 Å². The average molecular weight is 353 g/mol. The van der Waals surface area contributed by atoms with Crippen LogP contribution in [0.4, 0.5) is 14.9 Å². The van der Waals surface area contributed by atoms with Crippen LogP contribution in [0, 0.1) is 5.82 Å². The van der Waals surface area contributed by atoms with Gasteiger partial charge in [0.15, 0.2) is 0 Å². The third kappa shape index (κ3) is 5.43. The summed E-state index contributed by atoms with van der Waals surface area (Å²) in [6.45, 7) is 0.724. The second kappa shape index (κ2) is 7.64. The van der Waals surface area contributed by atoms with Crippen LogP contribution in [0.5, 0.6) is 5.75 Å². The lowest BCUT2D eigenvalue weighted by molar-refractivity contribution is 0.247. The molecule has 110 valence electrons. The molecule has 0 aliphatic heterocycles. The predicted molar refractivity (Wildman–Crippen MR) is 83.1 cm³/mol. The standard InChI is InChI=1S/C15H14BrFN2O2/c16-11-1-7-14(8-2-11)21-10-9-18-15(20)19-13-5-3-12(17)4-6-13/h1-8H,9-10H2,(H2,18,19,20). The summed E-state index contributed by atoms with van der Waals surface area (Å²) in [5, 5.41) is 5.25. The van der Waals surface area contributed by atoms with E-state index in [0.29, 0.717) is 18.8 Å². The Morgan fingerprint density at radius 1 is 1.10 bits per heavy atom. The zero-order chi connectivity index (χ0) is 15.1. The summed E-state index contributed by atoms with van der Waals surface area (Å²) in [6, 6.07) is 12.6. The lowest BCUT2D eigenvalue weighted by atomic mass is 10.3. The van der Waals surface area contributed by atoms with Gasteiger partial charge in [0, 0.05) is 10.2 Å². The fraction of sp³-hybridized carbons (Fsp3) is 0.133. The van der Waals surface area contributed by atoms with Gasteiger partial charge in [0.25, 0.3) is 0 Å². The van der Waals surface area contributed by atoms with Gasteiger partial charge < -0.3 is 15.4 Å². The highest BCUT2D eigenvalue weighted by Gasteiger charge is 2.01. The van der Waals surface area contributed by atoms with Crippen LogP contribution in [0.3, 0.4) is 0 Å². The number of hydrogen-bond acceptors (Lipinski definition) is 2. The van der Waals surface area contributed by atoms with E-state index in [2.05, 4.69) is 26.6 Å². The van der Waals surface area contributed by atoms with Crippen LogP contribution in [0.15, 0.2) is 53.0 Å². The number of nitrogens with one attached hydrogen (secondary N) is 2. The number of anilines is 1. The van der Waals surface area contributed by atoms with Gasteiger partial charge in [-0.25, -0.2) is 9.18 Å². The molecule has 0 unspecified atom stereocenters. The lowest BCUT2D eigenvalue weighted by Crippen LogP contribution is -2.32. The van der Waals surface area contributed by atoms with Crippen LogP contribution in [-0.4, -0.2) is 19.2 Å². The molecule has 2 aromatic rings. The van der Waals surface area contributed by atoms with E-state index in [0.717, 1.165) is 10.2 Å². The highest BCUT2D eigenvalue weighted by Crippen LogP contribution is 2.15. The summed E-state index contributed by atoms with van der Waals surface area (Å²) in [7, 11) is 0. The van der Waals surface area contributed by atoms with Crippen molar-refractivity contribution in [3.63, 3.8) is 0 Å². The van der Waals surface area contributed by atoms with E-state index in [1.54, 1.807) is 0 Å². The molecule has 0 saturated carbocycles. The molecule has 2 amide bonds. The van der Waals surface area contributed by atoms with Gasteiger partial charge in [-0.3, -0.25) is 0 Å². The van der Waals surface area contributed by atoms with Crippen molar-refractivity contribution in [1.29, 1.82) is 0 Å². The molecular formula is C15H14BrFN2O2. The van der Waals surface area contributed by atoms with Crippen molar-refractivity contribution in [2.45, 2.75) is 0 Å². The molecule has 2 aromatic carbocycles.